The summed E-state index contributed by atoms with van der Waals surface area (Å²) in [5, 5.41) is 2.09. The fourth-order valence-electron chi connectivity index (χ4n) is 3.46. The molecule has 2 aromatic heterocycles. The summed E-state index contributed by atoms with van der Waals surface area (Å²) in [6.45, 7) is 14.8. The normalized spacial score (nSPS) is 15.3. The lowest BCUT2D eigenvalue weighted by Crippen LogP contribution is -2.37. The van der Waals surface area contributed by atoms with Gasteiger partial charge in [0.2, 0.25) is 0 Å². The van der Waals surface area contributed by atoms with Gasteiger partial charge in [-0.15, -0.1) is 13.2 Å². The third kappa shape index (κ3) is 9.04. The maximum atomic E-state index is 11.4. The first-order valence-corrected chi connectivity index (χ1v) is 15.0. The van der Waals surface area contributed by atoms with Crippen LogP contribution >= 0.6 is 11.8 Å². The van der Waals surface area contributed by atoms with Gasteiger partial charge in [-0.05, 0) is 37.3 Å². The predicted molar refractivity (Wildman–Crippen MR) is 165 cm³/mol. The van der Waals surface area contributed by atoms with E-state index < -0.39 is 10.8 Å². The zero-order chi connectivity index (χ0) is 27.9. The van der Waals surface area contributed by atoms with Crippen LogP contribution in [0.3, 0.4) is 0 Å². The fourth-order valence-corrected chi connectivity index (χ4v) is 4.86. The molecule has 1 atom stereocenters. The predicted octanol–water partition coefficient (Wildman–Crippen LogP) is 5.84. The molecule has 0 spiro atoms. The monoisotopic (exact) mass is 554 g/mol. The molecule has 0 bridgehead atoms. The van der Waals surface area contributed by atoms with Gasteiger partial charge >= 0.3 is 0 Å². The van der Waals surface area contributed by atoms with E-state index in [1.807, 2.05) is 38.1 Å². The Balaban J connectivity index is 0.00000247. The molecule has 1 unspecified atom stereocenters. The van der Waals surface area contributed by atoms with Crippen LogP contribution in [0.1, 0.15) is 32.9 Å². The number of anilines is 2. The molecule has 1 aliphatic heterocycles. The first-order chi connectivity index (χ1) is 18.4. The van der Waals surface area contributed by atoms with E-state index >= 15 is 0 Å². The Kier molecular flexibility index (Phi) is 13.7. The zero-order valence-electron chi connectivity index (χ0n) is 22.7. The van der Waals surface area contributed by atoms with Gasteiger partial charge in [-0.1, -0.05) is 43.0 Å². The summed E-state index contributed by atoms with van der Waals surface area (Å²) in [7, 11) is -0.878. The van der Waals surface area contributed by atoms with E-state index in [9.17, 15) is 4.21 Å². The van der Waals surface area contributed by atoms with Crippen molar-refractivity contribution in [3.05, 3.63) is 60.8 Å². The highest BCUT2D eigenvalue weighted by Crippen LogP contribution is 2.38. The molecule has 3 rings (SSSR count). The second kappa shape index (κ2) is 16.7. The van der Waals surface area contributed by atoms with Gasteiger partial charge in [0, 0.05) is 53.9 Å². The number of allylic oxidation sites excluding steroid dienone is 4. The summed E-state index contributed by atoms with van der Waals surface area (Å²) < 4.78 is 17.0. The molecule has 38 heavy (non-hydrogen) atoms. The number of rotatable bonds is 10. The summed E-state index contributed by atoms with van der Waals surface area (Å²) in [6.07, 6.45) is 14.0. The van der Waals surface area contributed by atoms with Crippen molar-refractivity contribution in [3.63, 3.8) is 0 Å². The van der Waals surface area contributed by atoms with E-state index in [4.69, 9.17) is 20.4 Å². The Morgan fingerprint density at radius 1 is 1.29 bits per heavy atom. The van der Waals surface area contributed by atoms with Crippen molar-refractivity contribution in [1.29, 1.82) is 0 Å². The molecule has 8 nitrogen and oxygen atoms in total. The largest absolute Gasteiger partial charge is 0.382 e. The fraction of sp³-hybridized carbons (Fsp3) is 0.357. The molecule has 10 heteroatoms. The Morgan fingerprint density at radius 3 is 2.68 bits per heavy atom. The number of pyridine rings is 1. The lowest BCUT2D eigenvalue weighted by molar-refractivity contribution is 0.122. The quantitative estimate of drug-likeness (QED) is 0.169. The number of aromatic nitrogens is 3. The van der Waals surface area contributed by atoms with Crippen LogP contribution < -0.4 is 10.6 Å². The molecule has 1 saturated heterocycles. The maximum absolute atomic E-state index is 11.4. The van der Waals surface area contributed by atoms with Gasteiger partial charge in [-0.25, -0.2) is 15.0 Å². The molecular formula is C28H38N6O2S2. The molecule has 3 heterocycles. The number of aliphatic imine (C=N–C) groups is 1. The third-order valence-corrected chi connectivity index (χ3v) is 6.89. The summed E-state index contributed by atoms with van der Waals surface area (Å²) in [4.78, 5) is 21.9. The van der Waals surface area contributed by atoms with Crippen LogP contribution in [0, 0.1) is 0 Å². The van der Waals surface area contributed by atoms with E-state index in [1.54, 1.807) is 30.4 Å². The molecule has 204 valence electrons. The summed E-state index contributed by atoms with van der Waals surface area (Å²) in [5.74, 6) is 2.29. The Bertz CT molecular complexity index is 1200. The number of nitrogen functional groups attached to an aromatic ring is 1. The average molecular weight is 555 g/mol. The van der Waals surface area contributed by atoms with Crippen molar-refractivity contribution in [2.45, 2.75) is 32.1 Å². The van der Waals surface area contributed by atoms with Gasteiger partial charge in [-0.3, -0.25) is 9.20 Å². The lowest BCUT2D eigenvalue weighted by Gasteiger charge is -2.30. The van der Waals surface area contributed by atoms with E-state index in [1.165, 1.54) is 0 Å². The highest BCUT2D eigenvalue weighted by molar-refractivity contribution is 8.02. The van der Waals surface area contributed by atoms with Crippen LogP contribution in [0.4, 0.5) is 17.3 Å². The number of nitrogens with two attached hydrogens (primary N) is 1. The van der Waals surface area contributed by atoms with E-state index in [0.717, 1.165) is 47.1 Å². The minimum Gasteiger partial charge on any atom is -0.382 e. The summed E-state index contributed by atoms with van der Waals surface area (Å²) >= 11 is 1.62. The SMILES string of the molecule is C=C.CC=Nc1cc(-c2nc(/C(C)=C/C=C/CS(C)=O)c(S/C=C\CC)c(N3CCOCC3)n2)cnc1N. The highest BCUT2D eigenvalue weighted by Gasteiger charge is 2.23. The van der Waals surface area contributed by atoms with Gasteiger partial charge in [-0.2, -0.15) is 0 Å². The first kappa shape index (κ1) is 31.1. The standard InChI is InChI=1S/C26H34N6O2S2.C2H4/c1-5-7-15-35-23-22(19(3)10-8-9-16-36(4)33)30-25(31-26(23)32-11-13-34-14-12-32)20-17-21(28-6-2)24(27)29-18-20;1-2/h6-10,15,17-18H,5,11-14,16H2,1-4H3,(H2,27,29);1-2H2/b9-8+,15-7-,19-10+,28-6?;. The van der Waals surface area contributed by atoms with Gasteiger partial charge < -0.3 is 15.4 Å². The summed E-state index contributed by atoms with van der Waals surface area (Å²) in [6, 6.07) is 1.86. The van der Waals surface area contributed by atoms with Crippen LogP contribution in [-0.4, -0.2) is 63.7 Å². The average Bonchev–Trinajstić information content (AvgIpc) is 2.94. The first-order valence-electron chi connectivity index (χ1n) is 12.4. The van der Waals surface area contributed by atoms with Crippen LogP contribution in [0.5, 0.6) is 0 Å². The van der Waals surface area contributed by atoms with Gasteiger partial charge in [0.25, 0.3) is 0 Å². The smallest absolute Gasteiger partial charge is 0.163 e. The van der Waals surface area contributed by atoms with Crippen LogP contribution in [0.25, 0.3) is 17.0 Å². The van der Waals surface area contributed by atoms with Crippen molar-refractivity contribution >= 4 is 51.7 Å². The van der Waals surface area contributed by atoms with Gasteiger partial charge in [0.15, 0.2) is 5.82 Å². The molecule has 0 aromatic carbocycles. The lowest BCUT2D eigenvalue weighted by atomic mass is 10.1. The van der Waals surface area contributed by atoms with E-state index in [-0.39, 0.29) is 0 Å². The van der Waals surface area contributed by atoms with Gasteiger partial charge in [0.1, 0.15) is 17.3 Å². The summed E-state index contributed by atoms with van der Waals surface area (Å²) in [5.41, 5.74) is 9.17. The molecule has 1 fully saturated rings. The Labute approximate surface area is 233 Å². The van der Waals surface area contributed by atoms with Crippen LogP contribution in [-0.2, 0) is 15.5 Å². The number of morpholine rings is 1. The Hall–Kier alpha value is -3.08. The second-order valence-electron chi connectivity index (χ2n) is 8.08. The molecular weight excluding hydrogens is 516 g/mol. The minimum atomic E-state index is -0.878. The van der Waals surface area contributed by atoms with Crippen molar-refractivity contribution < 1.29 is 8.95 Å². The molecule has 2 N–H and O–H groups in total. The number of ether oxygens (including phenoxy) is 1. The molecule has 0 amide bonds. The van der Waals surface area contributed by atoms with E-state index in [2.05, 4.69) is 46.4 Å². The van der Waals surface area contributed by atoms with Crippen LogP contribution in [0.2, 0.25) is 0 Å². The molecule has 1 aliphatic rings. The second-order valence-corrected chi connectivity index (χ2v) is 10.5. The van der Waals surface area contributed by atoms with E-state index in [0.29, 0.717) is 36.3 Å². The van der Waals surface area contributed by atoms with Gasteiger partial charge in [0.05, 0.1) is 23.8 Å². The number of thioether (sulfide) groups is 1. The van der Waals surface area contributed by atoms with Crippen molar-refractivity contribution in [1.82, 2.24) is 15.0 Å². The minimum absolute atomic E-state index is 0.358. The van der Waals surface area contributed by atoms with Crippen molar-refractivity contribution in [2.24, 2.45) is 4.99 Å². The van der Waals surface area contributed by atoms with Crippen LogP contribution in [0.15, 0.2) is 65.0 Å². The molecule has 2 aromatic rings. The van der Waals surface area contributed by atoms with Crippen molar-refractivity contribution in [3.8, 4) is 11.4 Å². The molecule has 0 saturated carbocycles. The number of nitrogens with zero attached hydrogens (tertiary/aromatic N) is 5. The third-order valence-electron chi connectivity index (χ3n) is 5.29. The number of hydrogen-bond acceptors (Lipinski definition) is 9. The topological polar surface area (TPSA) is 107 Å². The highest BCUT2D eigenvalue weighted by atomic mass is 32.2. The molecule has 0 aliphatic carbocycles. The zero-order valence-corrected chi connectivity index (χ0v) is 24.4. The maximum Gasteiger partial charge on any atom is 0.163 e. The Morgan fingerprint density at radius 2 is 2.03 bits per heavy atom. The number of hydrogen-bond donors (Lipinski definition) is 1. The van der Waals surface area contributed by atoms with Crippen molar-refractivity contribution in [2.75, 3.05) is 48.9 Å². The molecule has 0 radical (unpaired) electrons.